The second-order valence-corrected chi connectivity index (χ2v) is 6.78. The number of halogens is 1. The van der Waals surface area contributed by atoms with Crippen LogP contribution < -0.4 is 4.72 Å². The van der Waals surface area contributed by atoms with E-state index in [1.807, 2.05) is 36.4 Å². The van der Waals surface area contributed by atoms with Crippen LogP contribution in [0.1, 0.15) is 16.5 Å². The Labute approximate surface area is 124 Å². The fourth-order valence-corrected chi connectivity index (χ4v) is 3.30. The first kappa shape index (κ1) is 15.0. The number of hydrogen-bond acceptors (Lipinski definition) is 2. The molecule has 1 atom stereocenters. The van der Waals surface area contributed by atoms with Crippen molar-refractivity contribution in [3.8, 4) is 0 Å². The van der Waals surface area contributed by atoms with Crippen LogP contribution in [0.4, 0.5) is 0 Å². The lowest BCUT2D eigenvalue weighted by Crippen LogP contribution is -2.20. The van der Waals surface area contributed by atoms with E-state index in [2.05, 4.69) is 4.72 Å². The summed E-state index contributed by atoms with van der Waals surface area (Å²) in [6.07, 6.45) is 0.461. The second kappa shape index (κ2) is 6.39. The molecule has 0 saturated carbocycles. The molecule has 106 valence electrons. The van der Waals surface area contributed by atoms with Crippen molar-refractivity contribution in [1.29, 1.82) is 0 Å². The van der Waals surface area contributed by atoms with E-state index >= 15 is 0 Å². The Morgan fingerprint density at radius 3 is 2.30 bits per heavy atom. The van der Waals surface area contributed by atoms with Gasteiger partial charge in [-0.2, -0.15) is 0 Å². The number of rotatable bonds is 5. The summed E-state index contributed by atoms with van der Waals surface area (Å²) >= 11 is 6.39. The van der Waals surface area contributed by atoms with Gasteiger partial charge in [-0.3, -0.25) is 0 Å². The zero-order chi connectivity index (χ0) is 14.6. The summed E-state index contributed by atoms with van der Waals surface area (Å²) in [5.74, 6) is 0. The minimum absolute atomic E-state index is 0.260. The Hall–Kier alpha value is -1.36. The lowest BCUT2D eigenvalue weighted by molar-refractivity contribution is 0.587. The summed E-state index contributed by atoms with van der Waals surface area (Å²) in [7, 11) is -2.06. The highest BCUT2D eigenvalue weighted by Gasteiger charge is 2.18. The van der Waals surface area contributed by atoms with E-state index in [1.54, 1.807) is 18.2 Å². The summed E-state index contributed by atoms with van der Waals surface area (Å²) < 4.78 is 26.3. The van der Waals surface area contributed by atoms with Crippen LogP contribution in [0.25, 0.3) is 0 Å². The van der Waals surface area contributed by atoms with Gasteiger partial charge >= 0.3 is 0 Å². The van der Waals surface area contributed by atoms with Gasteiger partial charge in [-0.1, -0.05) is 48.5 Å². The van der Waals surface area contributed by atoms with Crippen molar-refractivity contribution in [2.45, 2.75) is 16.7 Å². The van der Waals surface area contributed by atoms with Gasteiger partial charge in [0.15, 0.2) is 0 Å². The topological polar surface area (TPSA) is 46.2 Å². The summed E-state index contributed by atoms with van der Waals surface area (Å²) in [6, 6.07) is 16.5. The molecule has 0 aliphatic heterocycles. The molecule has 0 saturated heterocycles. The lowest BCUT2D eigenvalue weighted by Gasteiger charge is -2.13. The van der Waals surface area contributed by atoms with Crippen LogP contribution in [-0.4, -0.2) is 15.5 Å². The van der Waals surface area contributed by atoms with E-state index in [4.69, 9.17) is 11.6 Å². The van der Waals surface area contributed by atoms with Gasteiger partial charge in [0.1, 0.15) is 0 Å². The van der Waals surface area contributed by atoms with E-state index in [0.29, 0.717) is 12.0 Å². The van der Waals surface area contributed by atoms with Crippen molar-refractivity contribution < 1.29 is 8.42 Å². The average Bonchev–Trinajstić information content (AvgIpc) is 2.48. The van der Waals surface area contributed by atoms with E-state index in [9.17, 15) is 8.42 Å². The van der Waals surface area contributed by atoms with Gasteiger partial charge in [-0.05, 0) is 30.7 Å². The van der Waals surface area contributed by atoms with Crippen LogP contribution in [0, 0.1) is 0 Å². The van der Waals surface area contributed by atoms with E-state index in [0.717, 1.165) is 5.56 Å². The molecule has 2 rings (SSSR count). The Morgan fingerprint density at radius 2 is 1.65 bits per heavy atom. The first-order valence-electron chi connectivity index (χ1n) is 6.25. The third-order valence-corrected chi connectivity index (χ3v) is 5.01. The van der Waals surface area contributed by atoms with Crippen LogP contribution in [0.5, 0.6) is 0 Å². The highest BCUT2D eigenvalue weighted by Crippen LogP contribution is 2.27. The van der Waals surface area contributed by atoms with Crippen molar-refractivity contribution in [2.24, 2.45) is 0 Å². The highest BCUT2D eigenvalue weighted by molar-refractivity contribution is 7.89. The number of benzene rings is 2. The molecule has 1 unspecified atom stereocenters. The Morgan fingerprint density at radius 1 is 1.05 bits per heavy atom. The molecule has 0 amide bonds. The molecule has 0 bridgehead atoms. The lowest BCUT2D eigenvalue weighted by atomic mass is 10.0. The molecular weight excluding hydrogens is 294 g/mol. The fraction of sp³-hybridized carbons (Fsp3) is 0.200. The third-order valence-electron chi connectivity index (χ3n) is 3.09. The van der Waals surface area contributed by atoms with Crippen molar-refractivity contribution >= 4 is 21.6 Å². The molecule has 3 nitrogen and oxygen atoms in total. The minimum Gasteiger partial charge on any atom is -0.214 e. The smallest absolute Gasteiger partial charge is 0.214 e. The summed E-state index contributed by atoms with van der Waals surface area (Å²) in [4.78, 5) is 0.282. The van der Waals surface area contributed by atoms with Crippen LogP contribution in [-0.2, 0) is 16.4 Å². The molecule has 0 spiro atoms. The minimum atomic E-state index is -3.47. The summed E-state index contributed by atoms with van der Waals surface area (Å²) in [5, 5.41) is -0.260. The van der Waals surface area contributed by atoms with Gasteiger partial charge in [0.05, 0.1) is 10.3 Å². The first-order valence-corrected chi connectivity index (χ1v) is 8.17. The number of nitrogens with one attached hydrogen (secondary N) is 1. The molecule has 0 radical (unpaired) electrons. The normalized spacial score (nSPS) is 13.1. The molecule has 2 aromatic rings. The maximum absolute atomic E-state index is 12.0. The molecule has 1 N–H and O–H groups in total. The fourth-order valence-electron chi connectivity index (χ4n) is 2.02. The van der Waals surface area contributed by atoms with E-state index in [1.165, 1.54) is 7.05 Å². The standard InChI is InChI=1S/C15H16ClNO2S/c1-17-20(18,19)15-10-6-5-9-13(15)11-14(16)12-7-3-2-4-8-12/h2-10,14,17H,11H2,1H3. The zero-order valence-electron chi connectivity index (χ0n) is 11.1. The van der Waals surface area contributed by atoms with Gasteiger partial charge in [-0.15, -0.1) is 11.6 Å². The van der Waals surface area contributed by atoms with Crippen LogP contribution in [0.15, 0.2) is 59.5 Å². The maximum atomic E-state index is 12.0. The predicted molar refractivity (Wildman–Crippen MR) is 81.4 cm³/mol. The molecule has 20 heavy (non-hydrogen) atoms. The average molecular weight is 310 g/mol. The SMILES string of the molecule is CNS(=O)(=O)c1ccccc1CC(Cl)c1ccccc1. The van der Waals surface area contributed by atoms with E-state index in [-0.39, 0.29) is 10.3 Å². The van der Waals surface area contributed by atoms with Crippen molar-refractivity contribution in [3.63, 3.8) is 0 Å². The van der Waals surface area contributed by atoms with Gasteiger partial charge in [-0.25, -0.2) is 13.1 Å². The Balaban J connectivity index is 2.31. The van der Waals surface area contributed by atoms with Crippen LogP contribution in [0.3, 0.4) is 0 Å². The van der Waals surface area contributed by atoms with Crippen molar-refractivity contribution in [1.82, 2.24) is 4.72 Å². The van der Waals surface area contributed by atoms with E-state index < -0.39 is 10.0 Å². The molecule has 0 heterocycles. The molecular formula is C15H16ClNO2S. The monoisotopic (exact) mass is 309 g/mol. The van der Waals surface area contributed by atoms with Gasteiger partial charge in [0.2, 0.25) is 10.0 Å². The van der Waals surface area contributed by atoms with Gasteiger partial charge < -0.3 is 0 Å². The Bertz CT molecular complexity index is 671. The van der Waals surface area contributed by atoms with Crippen molar-refractivity contribution in [3.05, 3.63) is 65.7 Å². The number of sulfonamides is 1. The zero-order valence-corrected chi connectivity index (χ0v) is 12.7. The third kappa shape index (κ3) is 3.39. The van der Waals surface area contributed by atoms with Gasteiger partial charge in [0, 0.05) is 0 Å². The maximum Gasteiger partial charge on any atom is 0.240 e. The first-order chi connectivity index (χ1) is 9.54. The van der Waals surface area contributed by atoms with Crippen LogP contribution in [0.2, 0.25) is 0 Å². The Kier molecular flexibility index (Phi) is 4.81. The van der Waals surface area contributed by atoms with Crippen molar-refractivity contribution in [2.75, 3.05) is 7.05 Å². The quantitative estimate of drug-likeness (QED) is 0.863. The summed E-state index contributed by atoms with van der Waals surface area (Å²) in [6.45, 7) is 0. The molecule has 0 aliphatic rings. The number of hydrogen-bond donors (Lipinski definition) is 1. The molecule has 2 aromatic carbocycles. The van der Waals surface area contributed by atoms with Gasteiger partial charge in [0.25, 0.3) is 0 Å². The number of alkyl halides is 1. The largest absolute Gasteiger partial charge is 0.240 e. The molecule has 0 fully saturated rings. The second-order valence-electron chi connectivity index (χ2n) is 4.40. The summed E-state index contributed by atoms with van der Waals surface area (Å²) in [5.41, 5.74) is 1.69. The molecule has 0 aromatic heterocycles. The predicted octanol–water partition coefficient (Wildman–Crippen LogP) is 3.12. The van der Waals surface area contributed by atoms with Crippen LogP contribution >= 0.6 is 11.6 Å². The molecule has 0 aliphatic carbocycles. The molecule has 5 heteroatoms. The highest BCUT2D eigenvalue weighted by atomic mass is 35.5.